The molecule has 10 heteroatoms. The van der Waals surface area contributed by atoms with Gasteiger partial charge in [-0.1, -0.05) is 53.5 Å². The number of anilines is 1. The molecule has 0 spiro atoms. The number of fused-ring (bicyclic) bond motifs is 1. The Morgan fingerprint density at radius 3 is 2.36 bits per heavy atom. The molecular formula is C23H20Cl2N6O2. The third-order valence-corrected chi connectivity index (χ3v) is 5.87. The summed E-state index contributed by atoms with van der Waals surface area (Å²) in [6.07, 6.45) is -0.305. The maximum atomic E-state index is 12.4. The predicted molar refractivity (Wildman–Crippen MR) is 127 cm³/mol. The van der Waals surface area contributed by atoms with Gasteiger partial charge >= 0.3 is 6.09 Å². The number of carbonyl (C=O) groups is 1. The van der Waals surface area contributed by atoms with Crippen molar-refractivity contribution in [2.45, 2.75) is 6.61 Å². The van der Waals surface area contributed by atoms with Crippen LogP contribution in [0.5, 0.6) is 0 Å². The SMILES string of the molecule is O=C(OCc1ccccc1)N1CCN(c2ccc3nnc(-c4cc(Cl)cc(Cl)c4)n3n2)CC1. The average molecular weight is 483 g/mol. The van der Waals surface area contributed by atoms with Gasteiger partial charge < -0.3 is 14.5 Å². The minimum atomic E-state index is -0.305. The number of piperazine rings is 1. The topological polar surface area (TPSA) is 75.9 Å². The maximum absolute atomic E-state index is 12.4. The quantitative estimate of drug-likeness (QED) is 0.424. The van der Waals surface area contributed by atoms with Crippen molar-refractivity contribution in [2.75, 3.05) is 31.1 Å². The zero-order valence-electron chi connectivity index (χ0n) is 17.6. The molecule has 0 atom stereocenters. The minimum Gasteiger partial charge on any atom is -0.445 e. The van der Waals surface area contributed by atoms with Crippen LogP contribution in [0, 0.1) is 0 Å². The van der Waals surface area contributed by atoms with E-state index >= 15 is 0 Å². The zero-order valence-corrected chi connectivity index (χ0v) is 19.1. The molecule has 8 nitrogen and oxygen atoms in total. The van der Waals surface area contributed by atoms with E-state index < -0.39 is 0 Å². The van der Waals surface area contributed by atoms with Gasteiger partial charge in [0.1, 0.15) is 12.4 Å². The van der Waals surface area contributed by atoms with Crippen LogP contribution in [0.15, 0.2) is 60.7 Å². The molecule has 0 radical (unpaired) electrons. The number of carbonyl (C=O) groups excluding carboxylic acids is 1. The molecule has 5 rings (SSSR count). The first-order valence-corrected chi connectivity index (χ1v) is 11.2. The molecule has 0 saturated carbocycles. The van der Waals surface area contributed by atoms with Gasteiger partial charge in [0.25, 0.3) is 0 Å². The van der Waals surface area contributed by atoms with E-state index in [1.807, 2.05) is 42.5 Å². The summed E-state index contributed by atoms with van der Waals surface area (Å²) in [5.41, 5.74) is 2.32. The number of aromatic nitrogens is 4. The summed E-state index contributed by atoms with van der Waals surface area (Å²) >= 11 is 12.3. The molecule has 33 heavy (non-hydrogen) atoms. The van der Waals surface area contributed by atoms with Gasteiger partial charge in [0.05, 0.1) is 0 Å². The van der Waals surface area contributed by atoms with E-state index in [2.05, 4.69) is 15.1 Å². The van der Waals surface area contributed by atoms with Crippen LogP contribution in [0.2, 0.25) is 10.0 Å². The Kier molecular flexibility index (Phi) is 6.02. The average Bonchev–Trinajstić information content (AvgIpc) is 3.26. The molecule has 0 unspecified atom stereocenters. The summed E-state index contributed by atoms with van der Waals surface area (Å²) in [7, 11) is 0. The van der Waals surface area contributed by atoms with E-state index in [0.717, 1.165) is 16.9 Å². The smallest absolute Gasteiger partial charge is 0.410 e. The number of hydrogen-bond acceptors (Lipinski definition) is 6. The molecule has 1 fully saturated rings. The number of amides is 1. The number of benzene rings is 2. The second-order valence-electron chi connectivity index (χ2n) is 7.66. The number of hydrogen-bond donors (Lipinski definition) is 0. The second kappa shape index (κ2) is 9.25. The molecule has 1 saturated heterocycles. The standard InChI is InChI=1S/C23H20Cl2N6O2/c24-18-12-17(13-19(25)14-18)22-27-26-20-6-7-21(28-31(20)22)29-8-10-30(11-9-29)23(32)33-15-16-4-2-1-3-5-16/h1-7,12-14H,8-11,15H2. The van der Waals surface area contributed by atoms with Crippen molar-refractivity contribution in [3.05, 3.63) is 76.3 Å². The fraction of sp³-hybridized carbons (Fsp3) is 0.217. The predicted octanol–water partition coefficient (Wildman–Crippen LogP) is 4.56. The van der Waals surface area contributed by atoms with Gasteiger partial charge in [0.2, 0.25) is 0 Å². The fourth-order valence-corrected chi connectivity index (χ4v) is 4.27. The Balaban J connectivity index is 1.27. The van der Waals surface area contributed by atoms with Crippen molar-refractivity contribution in [1.29, 1.82) is 0 Å². The Hall–Kier alpha value is -3.36. The molecule has 1 aliphatic heterocycles. The van der Waals surface area contributed by atoms with Crippen LogP contribution in [-0.2, 0) is 11.3 Å². The van der Waals surface area contributed by atoms with Gasteiger partial charge in [-0.2, -0.15) is 4.52 Å². The monoisotopic (exact) mass is 482 g/mol. The lowest BCUT2D eigenvalue weighted by atomic mass is 10.2. The normalized spacial score (nSPS) is 14.0. The molecule has 3 heterocycles. The van der Waals surface area contributed by atoms with E-state index in [9.17, 15) is 4.79 Å². The largest absolute Gasteiger partial charge is 0.445 e. The minimum absolute atomic E-state index is 0.266. The lowest BCUT2D eigenvalue weighted by Crippen LogP contribution is -2.49. The first kappa shape index (κ1) is 21.5. The first-order valence-electron chi connectivity index (χ1n) is 10.5. The Bertz CT molecular complexity index is 1270. The van der Waals surface area contributed by atoms with Crippen molar-refractivity contribution in [3.8, 4) is 11.4 Å². The van der Waals surface area contributed by atoms with Gasteiger partial charge in [0.15, 0.2) is 11.5 Å². The molecule has 2 aromatic heterocycles. The summed E-state index contributed by atoms with van der Waals surface area (Å²) in [6, 6.07) is 18.6. The number of halogens is 2. The molecule has 0 bridgehead atoms. The molecule has 168 valence electrons. The highest BCUT2D eigenvalue weighted by Crippen LogP contribution is 2.27. The highest BCUT2D eigenvalue weighted by molar-refractivity contribution is 6.35. The Labute approximate surface area is 200 Å². The second-order valence-corrected chi connectivity index (χ2v) is 8.53. The lowest BCUT2D eigenvalue weighted by Gasteiger charge is -2.34. The van der Waals surface area contributed by atoms with Gasteiger partial charge in [-0.05, 0) is 35.9 Å². The summed E-state index contributed by atoms with van der Waals surface area (Å²) < 4.78 is 7.13. The van der Waals surface area contributed by atoms with Crippen LogP contribution in [0.4, 0.5) is 10.6 Å². The van der Waals surface area contributed by atoms with Crippen LogP contribution in [0.25, 0.3) is 17.0 Å². The van der Waals surface area contributed by atoms with Crippen LogP contribution < -0.4 is 4.90 Å². The van der Waals surface area contributed by atoms with E-state index in [4.69, 9.17) is 33.0 Å². The molecule has 2 aromatic carbocycles. The molecule has 0 N–H and O–H groups in total. The van der Waals surface area contributed by atoms with E-state index in [0.29, 0.717) is 47.7 Å². The number of nitrogens with zero attached hydrogens (tertiary/aromatic N) is 6. The van der Waals surface area contributed by atoms with Gasteiger partial charge in [0, 0.05) is 41.8 Å². The third-order valence-electron chi connectivity index (χ3n) is 5.44. The third kappa shape index (κ3) is 4.72. The lowest BCUT2D eigenvalue weighted by molar-refractivity contribution is 0.0941. The van der Waals surface area contributed by atoms with Crippen molar-refractivity contribution in [1.82, 2.24) is 24.7 Å². The fourth-order valence-electron chi connectivity index (χ4n) is 3.74. The Morgan fingerprint density at radius 1 is 0.909 bits per heavy atom. The maximum Gasteiger partial charge on any atom is 0.410 e. The van der Waals surface area contributed by atoms with Gasteiger partial charge in [-0.3, -0.25) is 0 Å². The van der Waals surface area contributed by atoms with Crippen LogP contribution in [-0.4, -0.2) is 57.0 Å². The highest BCUT2D eigenvalue weighted by Gasteiger charge is 2.24. The first-order chi connectivity index (χ1) is 16.1. The molecular weight excluding hydrogens is 463 g/mol. The van der Waals surface area contributed by atoms with E-state index in [1.54, 1.807) is 27.6 Å². The van der Waals surface area contributed by atoms with Crippen LogP contribution in [0.3, 0.4) is 0 Å². The molecule has 1 amide bonds. The summed E-state index contributed by atoms with van der Waals surface area (Å²) in [5.74, 6) is 1.33. The highest BCUT2D eigenvalue weighted by atomic mass is 35.5. The van der Waals surface area contributed by atoms with Crippen molar-refractivity contribution in [2.24, 2.45) is 0 Å². The van der Waals surface area contributed by atoms with E-state index in [1.165, 1.54) is 0 Å². The van der Waals surface area contributed by atoms with Crippen molar-refractivity contribution in [3.63, 3.8) is 0 Å². The summed E-state index contributed by atoms with van der Waals surface area (Å²) in [5, 5.41) is 14.2. The van der Waals surface area contributed by atoms with Gasteiger partial charge in [-0.15, -0.1) is 15.3 Å². The number of rotatable bonds is 4. The summed E-state index contributed by atoms with van der Waals surface area (Å²) in [6.45, 7) is 2.64. The molecule has 4 aromatic rings. The Morgan fingerprint density at radius 2 is 1.64 bits per heavy atom. The molecule has 1 aliphatic rings. The van der Waals surface area contributed by atoms with Crippen LogP contribution >= 0.6 is 23.2 Å². The van der Waals surface area contributed by atoms with Crippen LogP contribution in [0.1, 0.15) is 5.56 Å². The van der Waals surface area contributed by atoms with E-state index in [-0.39, 0.29) is 12.7 Å². The molecule has 0 aliphatic carbocycles. The summed E-state index contributed by atoms with van der Waals surface area (Å²) in [4.78, 5) is 16.3. The van der Waals surface area contributed by atoms with Crippen molar-refractivity contribution >= 4 is 40.8 Å². The number of ether oxygens (including phenoxy) is 1. The van der Waals surface area contributed by atoms with Gasteiger partial charge in [-0.25, -0.2) is 4.79 Å². The van der Waals surface area contributed by atoms with Crippen molar-refractivity contribution < 1.29 is 9.53 Å². The zero-order chi connectivity index (χ0) is 22.8.